The Bertz CT molecular complexity index is 781. The molecule has 9 nitrogen and oxygen atoms in total. The first-order valence-corrected chi connectivity index (χ1v) is 20.4. The van der Waals surface area contributed by atoms with Crippen molar-refractivity contribution in [2.45, 2.75) is 224 Å². The van der Waals surface area contributed by atoms with Gasteiger partial charge in [-0.1, -0.05) is 167 Å². The molecule has 0 aromatic carbocycles. The van der Waals surface area contributed by atoms with Crippen LogP contribution in [0.2, 0.25) is 0 Å². The van der Waals surface area contributed by atoms with Crippen molar-refractivity contribution >= 4 is 5.91 Å². The summed E-state index contributed by atoms with van der Waals surface area (Å²) in [5, 5.41) is 53.9. The second-order valence-electron chi connectivity index (χ2n) is 14.4. The third-order valence-corrected chi connectivity index (χ3v) is 9.86. The first-order valence-electron chi connectivity index (χ1n) is 20.4. The number of aliphatic hydroxyl groups excluding tert-OH is 5. The topological polar surface area (TPSA) is 149 Å². The summed E-state index contributed by atoms with van der Waals surface area (Å²) in [6, 6.07) is -0.796. The van der Waals surface area contributed by atoms with Gasteiger partial charge in [-0.3, -0.25) is 4.79 Å². The minimum atomic E-state index is -1.56. The number of hydrogen-bond acceptors (Lipinski definition) is 8. The third kappa shape index (κ3) is 23.2. The average molecular weight is 700 g/mol. The van der Waals surface area contributed by atoms with Gasteiger partial charge in [0.1, 0.15) is 24.4 Å². The number of carbonyl (C=O) groups is 1. The number of allylic oxidation sites excluding steroid dienone is 1. The predicted molar refractivity (Wildman–Crippen MR) is 198 cm³/mol. The highest BCUT2D eigenvalue weighted by molar-refractivity contribution is 5.76. The zero-order valence-electron chi connectivity index (χ0n) is 31.5. The van der Waals surface area contributed by atoms with Gasteiger partial charge in [0, 0.05) is 6.42 Å². The largest absolute Gasteiger partial charge is 0.394 e. The lowest BCUT2D eigenvalue weighted by Crippen LogP contribution is -2.60. The minimum absolute atomic E-state index is 0.178. The number of rotatable bonds is 33. The molecule has 1 unspecified atom stereocenters. The van der Waals surface area contributed by atoms with E-state index in [1.54, 1.807) is 6.08 Å². The minimum Gasteiger partial charge on any atom is -0.394 e. The van der Waals surface area contributed by atoms with Crippen molar-refractivity contribution in [3.63, 3.8) is 0 Å². The Hall–Kier alpha value is -1.07. The molecule has 1 saturated heterocycles. The Kier molecular flexibility index (Phi) is 29.7. The van der Waals surface area contributed by atoms with E-state index >= 15 is 0 Å². The van der Waals surface area contributed by atoms with Crippen LogP contribution in [0.25, 0.3) is 0 Å². The monoisotopic (exact) mass is 700 g/mol. The second kappa shape index (κ2) is 31.6. The first kappa shape index (κ1) is 46.0. The zero-order chi connectivity index (χ0) is 36.0. The SMILES string of the molecule is CCCCCCCCCCCCC/C=C/[C@@H](O)C(CO[C@H]1O[C@H](CO)[C@H](O)[C@H](O)[C@H]1O)NC(=O)CCCCCCCCCCCCCCC. The normalized spacial score (nSPS) is 22.5. The van der Waals surface area contributed by atoms with E-state index in [2.05, 4.69) is 19.2 Å². The van der Waals surface area contributed by atoms with Crippen LogP contribution >= 0.6 is 0 Å². The van der Waals surface area contributed by atoms with Gasteiger partial charge in [0.15, 0.2) is 6.29 Å². The van der Waals surface area contributed by atoms with E-state index in [0.717, 1.165) is 38.5 Å². The molecule has 0 aromatic rings. The zero-order valence-corrected chi connectivity index (χ0v) is 31.5. The number of aliphatic hydroxyl groups is 5. The van der Waals surface area contributed by atoms with Gasteiger partial charge < -0.3 is 40.3 Å². The van der Waals surface area contributed by atoms with Crippen LogP contribution in [0.4, 0.5) is 0 Å². The molecule has 290 valence electrons. The van der Waals surface area contributed by atoms with Crippen LogP contribution in [-0.4, -0.2) is 87.5 Å². The molecule has 1 aliphatic rings. The van der Waals surface area contributed by atoms with Crippen molar-refractivity contribution in [2.24, 2.45) is 0 Å². The average Bonchev–Trinajstić information content (AvgIpc) is 3.10. The van der Waals surface area contributed by atoms with E-state index in [0.29, 0.717) is 6.42 Å². The molecule has 7 atom stereocenters. The smallest absolute Gasteiger partial charge is 0.220 e. The van der Waals surface area contributed by atoms with Crippen molar-refractivity contribution in [1.29, 1.82) is 0 Å². The Labute approximate surface area is 299 Å². The van der Waals surface area contributed by atoms with Crippen LogP contribution in [0.3, 0.4) is 0 Å². The number of ether oxygens (including phenoxy) is 2. The summed E-state index contributed by atoms with van der Waals surface area (Å²) < 4.78 is 11.2. The lowest BCUT2D eigenvalue weighted by molar-refractivity contribution is -0.302. The molecule has 1 fully saturated rings. The van der Waals surface area contributed by atoms with E-state index in [1.165, 1.54) is 122 Å². The number of unbranched alkanes of at least 4 members (excludes halogenated alkanes) is 23. The predicted octanol–water partition coefficient (Wildman–Crippen LogP) is 7.39. The van der Waals surface area contributed by atoms with E-state index in [-0.39, 0.29) is 12.5 Å². The van der Waals surface area contributed by atoms with Gasteiger partial charge in [-0.25, -0.2) is 0 Å². The van der Waals surface area contributed by atoms with Crippen LogP contribution in [0, 0.1) is 0 Å². The molecular formula is C40H77NO8. The molecule has 1 heterocycles. The Balaban J connectivity index is 2.43. The maximum absolute atomic E-state index is 12.9. The lowest BCUT2D eigenvalue weighted by atomic mass is 9.99. The summed E-state index contributed by atoms with van der Waals surface area (Å²) in [5.74, 6) is -0.178. The highest BCUT2D eigenvalue weighted by Crippen LogP contribution is 2.22. The molecule has 49 heavy (non-hydrogen) atoms. The van der Waals surface area contributed by atoms with Crippen LogP contribution < -0.4 is 5.32 Å². The van der Waals surface area contributed by atoms with E-state index in [4.69, 9.17) is 9.47 Å². The number of amides is 1. The quantitative estimate of drug-likeness (QED) is 0.0307. The van der Waals surface area contributed by atoms with Crippen LogP contribution in [0.1, 0.15) is 181 Å². The van der Waals surface area contributed by atoms with Gasteiger partial charge in [-0.2, -0.15) is 0 Å². The molecule has 1 aliphatic heterocycles. The highest BCUT2D eigenvalue weighted by Gasteiger charge is 2.44. The first-order chi connectivity index (χ1) is 23.8. The van der Waals surface area contributed by atoms with Crippen molar-refractivity contribution in [2.75, 3.05) is 13.2 Å². The third-order valence-electron chi connectivity index (χ3n) is 9.86. The van der Waals surface area contributed by atoms with Crippen molar-refractivity contribution in [3.05, 3.63) is 12.2 Å². The van der Waals surface area contributed by atoms with Crippen molar-refractivity contribution < 1.29 is 39.8 Å². The molecule has 0 aliphatic carbocycles. The van der Waals surface area contributed by atoms with Gasteiger partial charge in [-0.15, -0.1) is 0 Å². The maximum Gasteiger partial charge on any atom is 0.220 e. The summed E-state index contributed by atoms with van der Waals surface area (Å²) in [7, 11) is 0. The molecule has 6 N–H and O–H groups in total. The molecule has 0 spiro atoms. The molecule has 0 bridgehead atoms. The second-order valence-corrected chi connectivity index (χ2v) is 14.4. The number of hydrogen-bond donors (Lipinski definition) is 6. The highest BCUT2D eigenvalue weighted by atomic mass is 16.7. The summed E-state index contributed by atoms with van der Waals surface area (Å²) in [6.07, 6.45) is 26.7. The Morgan fingerprint density at radius 2 is 1.12 bits per heavy atom. The summed E-state index contributed by atoms with van der Waals surface area (Å²) >= 11 is 0. The molecule has 0 radical (unpaired) electrons. The van der Waals surface area contributed by atoms with Gasteiger partial charge in [0.05, 0.1) is 25.4 Å². The molecule has 9 heteroatoms. The molecule has 0 saturated carbocycles. The Morgan fingerprint density at radius 3 is 1.59 bits per heavy atom. The summed E-state index contributed by atoms with van der Waals surface area (Å²) in [6.45, 7) is 3.75. The van der Waals surface area contributed by atoms with E-state index < -0.39 is 49.5 Å². The van der Waals surface area contributed by atoms with E-state index in [1.807, 2.05) is 6.08 Å². The van der Waals surface area contributed by atoms with Crippen LogP contribution in [0.15, 0.2) is 12.2 Å². The molecule has 1 amide bonds. The van der Waals surface area contributed by atoms with Crippen molar-refractivity contribution in [3.8, 4) is 0 Å². The fraction of sp³-hybridized carbons (Fsp3) is 0.925. The maximum atomic E-state index is 12.9. The number of nitrogens with one attached hydrogen (secondary N) is 1. The van der Waals surface area contributed by atoms with Crippen LogP contribution in [-0.2, 0) is 14.3 Å². The number of carbonyl (C=O) groups excluding carboxylic acids is 1. The Morgan fingerprint density at radius 1 is 0.673 bits per heavy atom. The van der Waals surface area contributed by atoms with Gasteiger partial charge in [0.25, 0.3) is 0 Å². The fourth-order valence-corrected chi connectivity index (χ4v) is 6.51. The molecule has 1 rings (SSSR count). The van der Waals surface area contributed by atoms with Gasteiger partial charge >= 0.3 is 0 Å². The molecular weight excluding hydrogens is 622 g/mol. The summed E-state index contributed by atoms with van der Waals surface area (Å²) in [5.41, 5.74) is 0. The van der Waals surface area contributed by atoms with Gasteiger partial charge in [-0.05, 0) is 19.3 Å². The standard InChI is InChI=1S/C40H77NO8/c1-3-5-7-9-11-13-15-17-19-21-23-25-27-29-34(43)33(32-48-40-39(47)38(46)37(45)35(31-42)49-40)41-36(44)30-28-26-24-22-20-18-16-14-12-10-8-6-4-2/h27,29,33-35,37-40,42-43,45-47H,3-26,28,30-32H2,1-2H3,(H,41,44)/b29-27+/t33?,34-,35-,37+,38+,39-,40+/m1/s1. The van der Waals surface area contributed by atoms with Crippen molar-refractivity contribution in [1.82, 2.24) is 5.32 Å². The molecule has 0 aromatic heterocycles. The lowest BCUT2D eigenvalue weighted by Gasteiger charge is -2.40. The van der Waals surface area contributed by atoms with E-state index in [9.17, 15) is 30.3 Å². The van der Waals surface area contributed by atoms with Gasteiger partial charge in [0.2, 0.25) is 5.91 Å². The van der Waals surface area contributed by atoms with Crippen LogP contribution in [0.5, 0.6) is 0 Å². The fourth-order valence-electron chi connectivity index (χ4n) is 6.51. The summed E-state index contributed by atoms with van der Waals surface area (Å²) in [4.78, 5) is 12.9.